The molecule has 3 rings (SSSR count). The quantitative estimate of drug-likeness (QED) is 0.116. The molecular weight excluding hydrogens is 604 g/mol. The minimum absolute atomic E-state index is 0.0200. The van der Waals surface area contributed by atoms with Crippen molar-refractivity contribution in [2.45, 2.75) is 95.0 Å². The Morgan fingerprint density at radius 3 is 2.45 bits per heavy atom. The van der Waals surface area contributed by atoms with Gasteiger partial charge in [0.2, 0.25) is 26.9 Å². The van der Waals surface area contributed by atoms with Crippen molar-refractivity contribution in [3.63, 3.8) is 0 Å². The van der Waals surface area contributed by atoms with E-state index in [2.05, 4.69) is 12.6 Å². The van der Waals surface area contributed by atoms with Crippen LogP contribution in [0.4, 0.5) is 0 Å². The summed E-state index contributed by atoms with van der Waals surface area (Å²) in [5, 5.41) is -0.297. The number of Topliss-reactive ketones (excluding diaryl/α,β-unsaturated/α-hetero) is 1. The van der Waals surface area contributed by atoms with Gasteiger partial charge in [-0.15, -0.1) is 11.8 Å². The van der Waals surface area contributed by atoms with E-state index in [1.807, 2.05) is 6.92 Å². The van der Waals surface area contributed by atoms with Crippen molar-refractivity contribution in [3.05, 3.63) is 0 Å². The summed E-state index contributed by atoms with van der Waals surface area (Å²) >= 11 is 1.56. The van der Waals surface area contributed by atoms with Crippen molar-refractivity contribution >= 4 is 57.1 Å². The largest absolute Gasteiger partial charge is 0.373 e. The van der Waals surface area contributed by atoms with Crippen LogP contribution < -0.4 is 0 Å². The fraction of sp³-hybridized carbons (Fsp3) is 0.821. The molecule has 5 unspecified atom stereocenters. The topological polar surface area (TPSA) is 141 Å². The third kappa shape index (κ3) is 11.4. The number of hydrogen-bond donors (Lipinski definition) is 2. The van der Waals surface area contributed by atoms with E-state index in [1.54, 1.807) is 11.8 Å². The van der Waals surface area contributed by atoms with Gasteiger partial charge in [0, 0.05) is 45.4 Å². The first kappa shape index (κ1) is 36.0. The van der Waals surface area contributed by atoms with Gasteiger partial charge in [0.1, 0.15) is 11.9 Å². The number of imide groups is 1. The summed E-state index contributed by atoms with van der Waals surface area (Å²) in [4.78, 5) is 59.2. The Balaban J connectivity index is 1.25. The number of ether oxygens (including phenoxy) is 1. The van der Waals surface area contributed by atoms with Crippen LogP contribution in [-0.2, 0) is 37.2 Å². The predicted molar refractivity (Wildman–Crippen MR) is 167 cm³/mol. The van der Waals surface area contributed by atoms with Crippen LogP contribution in [0, 0.1) is 11.8 Å². The summed E-state index contributed by atoms with van der Waals surface area (Å²) in [6.45, 7) is 3.15. The van der Waals surface area contributed by atoms with Crippen molar-refractivity contribution in [2.24, 2.45) is 11.8 Å². The molecule has 5 atom stereocenters. The van der Waals surface area contributed by atoms with Crippen LogP contribution in [0.2, 0.25) is 0 Å². The molecule has 14 heteroatoms. The molecule has 0 radical (unpaired) electrons. The maximum absolute atomic E-state index is 12.9. The fourth-order valence-electron chi connectivity index (χ4n) is 5.57. The van der Waals surface area contributed by atoms with Crippen molar-refractivity contribution in [2.75, 3.05) is 39.2 Å². The maximum Gasteiger partial charge on any atom is 0.248 e. The van der Waals surface area contributed by atoms with Gasteiger partial charge in [0.15, 0.2) is 0 Å². The lowest BCUT2D eigenvalue weighted by atomic mass is 9.79. The van der Waals surface area contributed by atoms with Gasteiger partial charge < -0.3 is 32.6 Å². The molecular formula is C28H49NO10P2S. The molecule has 1 aliphatic carbocycles. The maximum atomic E-state index is 12.9. The number of thioether (sulfide) groups is 1. The van der Waals surface area contributed by atoms with Crippen LogP contribution in [0.1, 0.15) is 77.6 Å². The third-order valence-electron chi connectivity index (χ3n) is 8.12. The molecule has 2 amide bonds. The molecule has 0 aromatic heterocycles. The van der Waals surface area contributed by atoms with Gasteiger partial charge in [0.05, 0.1) is 24.6 Å². The van der Waals surface area contributed by atoms with E-state index in [1.165, 1.54) is 12.0 Å². The first-order valence-electron chi connectivity index (χ1n) is 15.0. The molecule has 0 aromatic rings. The van der Waals surface area contributed by atoms with E-state index < -0.39 is 27.3 Å². The lowest BCUT2D eigenvalue weighted by Crippen LogP contribution is -2.37. The zero-order valence-electron chi connectivity index (χ0n) is 25.0. The second-order valence-corrected chi connectivity index (χ2v) is 16.2. The summed E-state index contributed by atoms with van der Waals surface area (Å²) in [6, 6.07) is 0. The van der Waals surface area contributed by atoms with Gasteiger partial charge >= 0.3 is 0 Å². The molecule has 3 aliphatic rings. The minimum Gasteiger partial charge on any atom is -0.373 e. The summed E-state index contributed by atoms with van der Waals surface area (Å²) in [7, 11) is -5.13. The van der Waals surface area contributed by atoms with E-state index >= 15 is 0 Å². The Morgan fingerprint density at radius 1 is 1.05 bits per heavy atom. The Labute approximate surface area is 254 Å². The van der Waals surface area contributed by atoms with Crippen LogP contribution in [0.3, 0.4) is 0 Å². The van der Waals surface area contributed by atoms with E-state index in [0.29, 0.717) is 44.3 Å². The van der Waals surface area contributed by atoms with Gasteiger partial charge in [-0.05, 0) is 62.8 Å². The Bertz CT molecular complexity index is 1010. The van der Waals surface area contributed by atoms with Crippen LogP contribution in [0.5, 0.6) is 0 Å². The normalized spacial score (nSPS) is 29.5. The summed E-state index contributed by atoms with van der Waals surface area (Å²) in [6.07, 6.45) is 14.7. The van der Waals surface area contributed by atoms with Crippen molar-refractivity contribution < 1.29 is 47.0 Å². The molecule has 11 nitrogen and oxygen atoms in total. The zero-order valence-corrected chi connectivity index (χ0v) is 27.6. The van der Waals surface area contributed by atoms with E-state index in [0.717, 1.165) is 57.1 Å². The number of unbranched alkanes of at least 4 members (excludes halogenated alkanes) is 3. The Morgan fingerprint density at radius 2 is 1.76 bits per heavy atom. The number of carbonyl (C=O) groups is 3. The summed E-state index contributed by atoms with van der Waals surface area (Å²) < 4.78 is 27.0. The molecule has 242 valence electrons. The zero-order chi connectivity index (χ0) is 30.8. The SMILES string of the molecule is C=P(O)(OC)OCC1OCCC1OP(=C)(O)OCCCCCCSC1CC(=O)N(CC2CCC(C(=O)CC)CC2)C1=O. The highest BCUT2D eigenvalue weighted by Crippen LogP contribution is 2.47. The first-order valence-corrected chi connectivity index (χ1v) is 19.6. The van der Waals surface area contributed by atoms with E-state index in [9.17, 15) is 24.2 Å². The van der Waals surface area contributed by atoms with Gasteiger partial charge in [-0.3, -0.25) is 19.3 Å². The molecule has 2 aliphatic heterocycles. The standard InChI is InChI=1S/C28H49NO10P2S/c1-5-23(30)22-12-10-21(11-13-22)19-29-27(31)18-26(28(29)32)42-17-9-7-6-8-15-37-41(4,34)39-24-14-16-36-25(24)20-38-40(3,33)35-2/h21-22,24-26,33-34H,3-20H2,1-2H3. The number of ketones is 1. The number of rotatable bonds is 19. The summed E-state index contributed by atoms with van der Waals surface area (Å²) in [5.41, 5.74) is 0. The number of nitrogens with zero attached hydrogens (tertiary/aromatic N) is 1. The first-order chi connectivity index (χ1) is 19.9. The van der Waals surface area contributed by atoms with Crippen molar-refractivity contribution in [3.8, 4) is 0 Å². The second-order valence-electron chi connectivity index (χ2n) is 11.3. The molecule has 2 heterocycles. The van der Waals surface area contributed by atoms with Crippen molar-refractivity contribution in [1.29, 1.82) is 0 Å². The average Bonchev–Trinajstić information content (AvgIpc) is 3.51. The number of carbonyl (C=O) groups excluding carboxylic acids is 3. The molecule has 1 saturated carbocycles. The van der Waals surface area contributed by atoms with Crippen LogP contribution in [0.25, 0.3) is 0 Å². The lowest BCUT2D eigenvalue weighted by molar-refractivity contribution is -0.139. The molecule has 42 heavy (non-hydrogen) atoms. The highest BCUT2D eigenvalue weighted by molar-refractivity contribution is 8.00. The van der Waals surface area contributed by atoms with Crippen molar-refractivity contribution in [1.82, 2.24) is 4.90 Å². The van der Waals surface area contributed by atoms with Gasteiger partial charge in [0.25, 0.3) is 0 Å². The number of hydrogen-bond acceptors (Lipinski definition) is 11. The van der Waals surface area contributed by atoms with Crippen LogP contribution in [0.15, 0.2) is 0 Å². The van der Waals surface area contributed by atoms with Crippen LogP contribution >= 0.6 is 26.9 Å². The predicted octanol–water partition coefficient (Wildman–Crippen LogP) is 4.42. The minimum atomic E-state index is -3.30. The molecule has 0 bridgehead atoms. The Hall–Kier alpha value is -0.520. The summed E-state index contributed by atoms with van der Waals surface area (Å²) in [5.74, 6) is 1.44. The number of amides is 2. The van der Waals surface area contributed by atoms with Gasteiger partial charge in [-0.25, -0.2) is 0 Å². The molecule has 2 saturated heterocycles. The number of likely N-dealkylation sites (tertiary alicyclic amines) is 1. The molecule has 0 aromatic carbocycles. The smallest absolute Gasteiger partial charge is 0.248 e. The van der Waals surface area contributed by atoms with Gasteiger partial charge in [-0.2, -0.15) is 0 Å². The molecule has 3 fully saturated rings. The molecule has 2 N–H and O–H groups in total. The van der Waals surface area contributed by atoms with E-state index in [-0.39, 0.29) is 36.0 Å². The monoisotopic (exact) mass is 653 g/mol. The average molecular weight is 654 g/mol. The Kier molecular flexibility index (Phi) is 14.8. The lowest BCUT2D eigenvalue weighted by Gasteiger charge is -2.30. The van der Waals surface area contributed by atoms with Crippen LogP contribution in [-0.4, -0.2) is 102 Å². The highest BCUT2D eigenvalue weighted by Gasteiger charge is 2.40. The fourth-order valence-corrected chi connectivity index (χ4v) is 8.38. The van der Waals surface area contributed by atoms with Gasteiger partial charge in [-0.1, -0.05) is 19.8 Å². The third-order valence-corrected chi connectivity index (χ3v) is 11.7. The molecule has 0 spiro atoms. The van der Waals surface area contributed by atoms with E-state index in [4.69, 9.17) is 22.8 Å². The second kappa shape index (κ2) is 17.2. The highest BCUT2D eigenvalue weighted by atomic mass is 32.2.